The van der Waals surface area contributed by atoms with E-state index in [0.29, 0.717) is 5.56 Å². The number of hydrogen-bond acceptors (Lipinski definition) is 2. The number of nitrogens with two attached hydrogens (primary N) is 1. The van der Waals surface area contributed by atoms with Gasteiger partial charge in [0.05, 0.1) is 0 Å². The van der Waals surface area contributed by atoms with Gasteiger partial charge < -0.3 is 10.6 Å². The molecule has 1 fully saturated rings. The Kier molecular flexibility index (Phi) is 2.63. The fourth-order valence-corrected chi connectivity index (χ4v) is 1.84. The molecule has 2 rings (SSSR count). The largest absolute Gasteiger partial charge is 0.326 e. The van der Waals surface area contributed by atoms with Crippen molar-refractivity contribution in [2.45, 2.75) is 19.4 Å². The summed E-state index contributed by atoms with van der Waals surface area (Å²) in [6.45, 7) is 1.69. The van der Waals surface area contributed by atoms with Crippen LogP contribution in [0.2, 0.25) is 0 Å². The molecule has 1 amide bonds. The Morgan fingerprint density at radius 2 is 2.12 bits per heavy atom. The Bertz CT molecular complexity index is 448. The van der Waals surface area contributed by atoms with E-state index in [-0.39, 0.29) is 30.6 Å². The first kappa shape index (κ1) is 11.0. The van der Waals surface area contributed by atoms with Crippen molar-refractivity contribution in [1.82, 2.24) is 0 Å². The van der Waals surface area contributed by atoms with Gasteiger partial charge in [-0.3, -0.25) is 4.79 Å². The fourth-order valence-electron chi connectivity index (χ4n) is 1.84. The van der Waals surface area contributed by atoms with Gasteiger partial charge in [-0.15, -0.1) is 0 Å². The van der Waals surface area contributed by atoms with Crippen LogP contribution in [-0.2, 0) is 4.79 Å². The Morgan fingerprint density at radius 1 is 1.44 bits per heavy atom. The number of rotatable bonds is 1. The zero-order chi connectivity index (χ0) is 11.9. The number of carbonyl (C=O) groups is 1. The zero-order valence-electron chi connectivity index (χ0n) is 8.84. The lowest BCUT2D eigenvalue weighted by Crippen LogP contribution is -2.29. The second-order valence-electron chi connectivity index (χ2n) is 4.00. The highest BCUT2D eigenvalue weighted by atomic mass is 19.1. The summed E-state index contributed by atoms with van der Waals surface area (Å²) in [6.07, 6.45) is 0.132. The molecule has 0 aromatic heterocycles. The maximum absolute atomic E-state index is 13.7. The average Bonchev–Trinajstić information content (AvgIpc) is 2.53. The molecule has 16 heavy (non-hydrogen) atoms. The highest BCUT2D eigenvalue weighted by Gasteiger charge is 2.32. The highest BCUT2D eigenvalue weighted by Crippen LogP contribution is 2.29. The third-order valence-electron chi connectivity index (χ3n) is 2.68. The van der Waals surface area contributed by atoms with Gasteiger partial charge >= 0.3 is 0 Å². The van der Waals surface area contributed by atoms with Crippen LogP contribution >= 0.6 is 0 Å². The number of halogens is 2. The highest BCUT2D eigenvalue weighted by molar-refractivity contribution is 5.96. The third-order valence-corrected chi connectivity index (χ3v) is 2.68. The van der Waals surface area contributed by atoms with E-state index in [1.807, 2.05) is 0 Å². The van der Waals surface area contributed by atoms with Crippen LogP contribution in [0.4, 0.5) is 14.5 Å². The van der Waals surface area contributed by atoms with E-state index in [4.69, 9.17) is 5.73 Å². The van der Waals surface area contributed by atoms with Gasteiger partial charge in [0, 0.05) is 19.0 Å². The van der Waals surface area contributed by atoms with Crippen molar-refractivity contribution >= 4 is 11.6 Å². The molecule has 3 nitrogen and oxygen atoms in total. The van der Waals surface area contributed by atoms with Gasteiger partial charge in [-0.25, -0.2) is 8.78 Å². The number of hydrogen-bond donors (Lipinski definition) is 1. The number of nitrogens with zero attached hydrogens (tertiary/aromatic N) is 1. The monoisotopic (exact) mass is 226 g/mol. The number of carbonyl (C=O) groups excluding carboxylic acids is 1. The topological polar surface area (TPSA) is 46.3 Å². The van der Waals surface area contributed by atoms with Crippen molar-refractivity contribution in [3.63, 3.8) is 0 Å². The van der Waals surface area contributed by atoms with Crippen LogP contribution in [0.5, 0.6) is 0 Å². The van der Waals surface area contributed by atoms with Crippen LogP contribution < -0.4 is 10.6 Å². The van der Waals surface area contributed by atoms with Crippen molar-refractivity contribution < 1.29 is 13.6 Å². The molecule has 1 aromatic rings. The molecule has 0 saturated carbocycles. The summed E-state index contributed by atoms with van der Waals surface area (Å²) in [5.41, 5.74) is 5.61. The number of amides is 1. The molecule has 1 aliphatic heterocycles. The Balaban J connectivity index is 2.48. The molecule has 86 valence electrons. The predicted molar refractivity (Wildman–Crippen MR) is 56.0 cm³/mol. The third kappa shape index (κ3) is 1.67. The number of benzene rings is 1. The summed E-state index contributed by atoms with van der Waals surface area (Å²) in [7, 11) is 0. The van der Waals surface area contributed by atoms with Gasteiger partial charge in [0.1, 0.15) is 11.5 Å². The first-order valence-electron chi connectivity index (χ1n) is 5.01. The van der Waals surface area contributed by atoms with E-state index in [0.717, 1.165) is 11.0 Å². The summed E-state index contributed by atoms with van der Waals surface area (Å²) < 4.78 is 27.2. The lowest BCUT2D eigenvalue weighted by Gasteiger charge is -2.18. The Hall–Kier alpha value is -1.49. The molecule has 5 heteroatoms. The minimum atomic E-state index is -0.731. The minimum absolute atomic E-state index is 0.132. The number of aryl methyl sites for hydroxylation is 1. The van der Waals surface area contributed by atoms with Crippen LogP contribution in [0.15, 0.2) is 12.1 Å². The quantitative estimate of drug-likeness (QED) is 0.785. The Labute approximate surface area is 91.8 Å². The SMILES string of the molecule is Cc1ccc(F)c(N2CC(N)CC2=O)c1F. The first-order valence-corrected chi connectivity index (χ1v) is 5.01. The summed E-state index contributed by atoms with van der Waals surface area (Å²) in [5, 5.41) is 0. The van der Waals surface area contributed by atoms with E-state index >= 15 is 0 Å². The van der Waals surface area contributed by atoms with E-state index in [9.17, 15) is 13.6 Å². The standard InChI is InChI=1S/C11H12F2N2O/c1-6-2-3-8(12)11(10(6)13)15-5-7(14)4-9(15)16/h2-3,7H,4-5,14H2,1H3. The molecule has 1 heterocycles. The van der Waals surface area contributed by atoms with Crippen LogP contribution in [0.25, 0.3) is 0 Å². The van der Waals surface area contributed by atoms with E-state index in [1.165, 1.54) is 13.0 Å². The van der Waals surface area contributed by atoms with Crippen molar-refractivity contribution in [1.29, 1.82) is 0 Å². The normalized spacial score (nSPS) is 20.6. The summed E-state index contributed by atoms with van der Waals surface area (Å²) >= 11 is 0. The van der Waals surface area contributed by atoms with Crippen molar-refractivity contribution in [3.8, 4) is 0 Å². The molecule has 1 unspecified atom stereocenters. The molecule has 1 aromatic carbocycles. The average molecular weight is 226 g/mol. The van der Waals surface area contributed by atoms with Gasteiger partial charge in [0.15, 0.2) is 5.82 Å². The first-order chi connectivity index (χ1) is 7.50. The summed E-state index contributed by atoms with van der Waals surface area (Å²) in [6, 6.07) is 2.14. The van der Waals surface area contributed by atoms with E-state index < -0.39 is 11.6 Å². The predicted octanol–water partition coefficient (Wildman–Crippen LogP) is 1.34. The molecule has 0 aliphatic carbocycles. The van der Waals surface area contributed by atoms with Crippen molar-refractivity contribution in [3.05, 3.63) is 29.3 Å². The maximum atomic E-state index is 13.7. The molecule has 0 bridgehead atoms. The van der Waals surface area contributed by atoms with Crippen LogP contribution in [0.1, 0.15) is 12.0 Å². The van der Waals surface area contributed by atoms with Gasteiger partial charge in [-0.1, -0.05) is 6.07 Å². The maximum Gasteiger partial charge on any atom is 0.228 e. The van der Waals surface area contributed by atoms with Gasteiger partial charge in [0.25, 0.3) is 0 Å². The fraction of sp³-hybridized carbons (Fsp3) is 0.364. The van der Waals surface area contributed by atoms with E-state index in [2.05, 4.69) is 0 Å². The van der Waals surface area contributed by atoms with Gasteiger partial charge in [0.2, 0.25) is 5.91 Å². The summed E-state index contributed by atoms with van der Waals surface area (Å²) in [5.74, 6) is -1.76. The molecular weight excluding hydrogens is 214 g/mol. The van der Waals surface area contributed by atoms with Crippen LogP contribution in [0, 0.1) is 18.6 Å². The lowest BCUT2D eigenvalue weighted by atomic mass is 10.2. The molecule has 1 aliphatic rings. The molecule has 1 atom stereocenters. The van der Waals surface area contributed by atoms with E-state index in [1.54, 1.807) is 0 Å². The zero-order valence-corrected chi connectivity index (χ0v) is 8.84. The second kappa shape index (κ2) is 3.83. The molecule has 1 saturated heterocycles. The van der Waals surface area contributed by atoms with Gasteiger partial charge in [-0.2, -0.15) is 0 Å². The number of anilines is 1. The smallest absolute Gasteiger partial charge is 0.228 e. The molecule has 2 N–H and O–H groups in total. The van der Waals surface area contributed by atoms with Crippen LogP contribution in [-0.4, -0.2) is 18.5 Å². The lowest BCUT2D eigenvalue weighted by molar-refractivity contribution is -0.117. The molecule has 0 radical (unpaired) electrons. The molecule has 0 spiro atoms. The second-order valence-corrected chi connectivity index (χ2v) is 4.00. The molecular formula is C11H12F2N2O. The minimum Gasteiger partial charge on any atom is -0.326 e. The van der Waals surface area contributed by atoms with Crippen LogP contribution in [0.3, 0.4) is 0 Å². The summed E-state index contributed by atoms with van der Waals surface area (Å²) in [4.78, 5) is 12.6. The Morgan fingerprint density at radius 3 is 2.69 bits per heavy atom. The van der Waals surface area contributed by atoms with Crippen molar-refractivity contribution in [2.75, 3.05) is 11.4 Å². The van der Waals surface area contributed by atoms with Crippen molar-refractivity contribution in [2.24, 2.45) is 5.73 Å². The van der Waals surface area contributed by atoms with Gasteiger partial charge in [-0.05, 0) is 18.6 Å².